The predicted molar refractivity (Wildman–Crippen MR) is 105 cm³/mol. The smallest absolute Gasteiger partial charge is 0.410 e. The summed E-state index contributed by atoms with van der Waals surface area (Å²) in [4.78, 5) is 14.2. The zero-order valence-electron chi connectivity index (χ0n) is 15.0. The molecule has 0 saturated heterocycles. The number of nitrogens with zero attached hydrogens (tertiary/aromatic N) is 2. The van der Waals surface area contributed by atoms with Crippen LogP contribution in [0.5, 0.6) is 0 Å². The summed E-state index contributed by atoms with van der Waals surface area (Å²) in [5, 5.41) is 1.32. The lowest BCUT2D eigenvalue weighted by Crippen LogP contribution is -2.43. The molecule has 130 valence electrons. The van der Waals surface area contributed by atoms with Gasteiger partial charge in [0.15, 0.2) is 0 Å². The summed E-state index contributed by atoms with van der Waals surface area (Å²) in [5.74, 6) is 0. The van der Waals surface area contributed by atoms with Crippen molar-refractivity contribution in [2.45, 2.75) is 51.7 Å². The maximum Gasteiger partial charge on any atom is 0.410 e. The molecule has 1 aliphatic rings. The van der Waals surface area contributed by atoms with Crippen LogP contribution in [-0.4, -0.2) is 34.3 Å². The van der Waals surface area contributed by atoms with E-state index in [0.29, 0.717) is 0 Å². The van der Waals surface area contributed by atoms with Gasteiger partial charge in [-0.3, -0.25) is 0 Å². The van der Waals surface area contributed by atoms with Gasteiger partial charge in [-0.25, -0.2) is 4.79 Å². The number of ether oxygens (including phenoxy) is 1. The molecule has 0 saturated carbocycles. The van der Waals surface area contributed by atoms with Gasteiger partial charge in [0.2, 0.25) is 0 Å². The van der Waals surface area contributed by atoms with E-state index in [1.165, 1.54) is 25.7 Å². The van der Waals surface area contributed by atoms with E-state index in [4.69, 9.17) is 4.74 Å². The first-order chi connectivity index (χ1) is 11.2. The fourth-order valence-electron chi connectivity index (χ4n) is 3.54. The summed E-state index contributed by atoms with van der Waals surface area (Å²) in [6.45, 7) is 5.72. The number of hydrogen-bond donors (Lipinski definition) is 0. The fraction of sp³-hybridized carbons (Fsp3) is 0.526. The first kappa shape index (κ1) is 17.6. The highest BCUT2D eigenvalue weighted by Gasteiger charge is 2.30. The first-order valence-electron chi connectivity index (χ1n) is 8.39. The number of amides is 1. The summed E-state index contributed by atoms with van der Waals surface area (Å²) in [6, 6.07) is 6.80. The molecule has 1 heterocycles. The number of hydrogen-bond acceptors (Lipinski definition) is 2. The van der Waals surface area contributed by atoms with E-state index in [2.05, 4.69) is 52.4 Å². The first-order valence-corrected chi connectivity index (χ1v) is 9.47. The number of fused-ring (bicyclic) bond motifs is 3. The van der Waals surface area contributed by atoms with Gasteiger partial charge in [0.1, 0.15) is 5.60 Å². The number of carbonyl (C=O) groups excluding carboxylic acids is 1. The van der Waals surface area contributed by atoms with Crippen molar-refractivity contribution in [3.05, 3.63) is 33.0 Å². The van der Waals surface area contributed by atoms with Crippen LogP contribution in [0.1, 0.15) is 38.4 Å². The third kappa shape index (κ3) is 3.27. The molecule has 1 amide bonds. The Kier molecular flexibility index (Phi) is 4.57. The molecule has 1 aromatic carbocycles. The summed E-state index contributed by atoms with van der Waals surface area (Å²) < 4.78 is 9.10. The fourth-order valence-corrected chi connectivity index (χ4v) is 4.02. The molecule has 1 unspecified atom stereocenters. The summed E-state index contributed by atoms with van der Waals surface area (Å²) >= 11 is 2.36. The molecule has 5 heteroatoms. The molecule has 4 nitrogen and oxygen atoms in total. The van der Waals surface area contributed by atoms with E-state index in [0.717, 1.165) is 19.3 Å². The molecular formula is C19H25IN2O2. The number of likely N-dealkylation sites (N-methyl/N-ethyl adjacent to an activating group) is 1. The zero-order chi connectivity index (χ0) is 17.6. The van der Waals surface area contributed by atoms with Crippen molar-refractivity contribution in [2.75, 3.05) is 7.05 Å². The van der Waals surface area contributed by atoms with E-state index in [1.807, 2.05) is 27.8 Å². The van der Waals surface area contributed by atoms with Crippen molar-refractivity contribution in [3.8, 4) is 0 Å². The van der Waals surface area contributed by atoms with Crippen molar-refractivity contribution in [2.24, 2.45) is 7.05 Å². The Morgan fingerprint density at radius 2 is 2.08 bits per heavy atom. The Morgan fingerprint density at radius 1 is 1.38 bits per heavy atom. The zero-order valence-corrected chi connectivity index (χ0v) is 17.2. The number of halogens is 1. The minimum absolute atomic E-state index is 0.192. The quantitative estimate of drug-likeness (QED) is 0.612. The maximum absolute atomic E-state index is 12.4. The third-order valence-corrected chi connectivity index (χ3v) is 5.45. The number of carbonyl (C=O) groups is 1. The molecule has 1 aromatic heterocycles. The summed E-state index contributed by atoms with van der Waals surface area (Å²) in [5.41, 5.74) is 3.62. The van der Waals surface area contributed by atoms with E-state index in [1.54, 1.807) is 4.90 Å². The molecule has 1 aliphatic carbocycles. The second-order valence-corrected chi connectivity index (χ2v) is 8.88. The Labute approximate surface area is 157 Å². The van der Waals surface area contributed by atoms with Crippen LogP contribution < -0.4 is 0 Å². The van der Waals surface area contributed by atoms with Gasteiger partial charge in [0.25, 0.3) is 0 Å². The molecule has 3 rings (SSSR count). The van der Waals surface area contributed by atoms with Crippen molar-refractivity contribution in [3.63, 3.8) is 0 Å². The Bertz CT molecular complexity index is 789. The highest BCUT2D eigenvalue weighted by atomic mass is 127. The second kappa shape index (κ2) is 6.24. The van der Waals surface area contributed by atoms with Gasteiger partial charge in [0, 0.05) is 40.3 Å². The van der Waals surface area contributed by atoms with Crippen molar-refractivity contribution in [1.29, 1.82) is 0 Å². The Morgan fingerprint density at radius 3 is 2.75 bits per heavy atom. The predicted octanol–water partition coefficient (Wildman–Crippen LogP) is 4.51. The van der Waals surface area contributed by atoms with Crippen LogP contribution in [0, 0.1) is 3.57 Å². The monoisotopic (exact) mass is 440 g/mol. The van der Waals surface area contributed by atoms with Crippen LogP contribution in [0.25, 0.3) is 10.9 Å². The standard InChI is InChI=1S/C19H25IN2O2/c1-19(2,3)24-18(23)21(4)13-7-9-16-15(11-13)14-8-6-12(20)10-17(14)22(16)5/h6,8,10,13H,7,9,11H2,1-5H3. The average molecular weight is 440 g/mol. The van der Waals surface area contributed by atoms with Crippen LogP contribution >= 0.6 is 22.6 Å². The minimum atomic E-state index is -0.457. The van der Waals surface area contributed by atoms with Gasteiger partial charge < -0.3 is 14.2 Å². The normalized spacial score (nSPS) is 17.7. The van der Waals surface area contributed by atoms with Gasteiger partial charge >= 0.3 is 6.09 Å². The van der Waals surface area contributed by atoms with Crippen molar-refractivity contribution < 1.29 is 9.53 Å². The maximum atomic E-state index is 12.4. The van der Waals surface area contributed by atoms with Crippen LogP contribution in [0.3, 0.4) is 0 Å². The van der Waals surface area contributed by atoms with E-state index in [9.17, 15) is 4.79 Å². The SMILES string of the molecule is CN(C(=O)OC(C)(C)C)C1CCc2c(c3ccc(I)cc3n2C)C1. The molecule has 0 aliphatic heterocycles. The van der Waals surface area contributed by atoms with Gasteiger partial charge in [-0.2, -0.15) is 0 Å². The van der Waals surface area contributed by atoms with Gasteiger partial charge in [-0.1, -0.05) is 6.07 Å². The molecular weight excluding hydrogens is 415 g/mol. The third-order valence-electron chi connectivity index (χ3n) is 4.78. The lowest BCUT2D eigenvalue weighted by molar-refractivity contribution is 0.0210. The van der Waals surface area contributed by atoms with Crippen molar-refractivity contribution in [1.82, 2.24) is 9.47 Å². The van der Waals surface area contributed by atoms with E-state index < -0.39 is 5.60 Å². The topological polar surface area (TPSA) is 34.5 Å². The van der Waals surface area contributed by atoms with Crippen LogP contribution in [0.2, 0.25) is 0 Å². The number of benzene rings is 1. The second-order valence-electron chi connectivity index (χ2n) is 7.63. The van der Waals surface area contributed by atoms with Gasteiger partial charge in [-0.05, 0) is 80.3 Å². The molecule has 0 spiro atoms. The molecule has 0 fully saturated rings. The number of rotatable bonds is 1. The molecule has 0 bridgehead atoms. The lowest BCUT2D eigenvalue weighted by Gasteiger charge is -2.33. The van der Waals surface area contributed by atoms with E-state index in [-0.39, 0.29) is 12.1 Å². The Balaban J connectivity index is 1.88. The number of aromatic nitrogens is 1. The van der Waals surface area contributed by atoms with Crippen LogP contribution in [-0.2, 0) is 24.6 Å². The number of aryl methyl sites for hydroxylation is 1. The highest BCUT2D eigenvalue weighted by molar-refractivity contribution is 14.1. The lowest BCUT2D eigenvalue weighted by atomic mass is 9.90. The van der Waals surface area contributed by atoms with Crippen molar-refractivity contribution >= 4 is 39.6 Å². The van der Waals surface area contributed by atoms with Gasteiger partial charge in [0.05, 0.1) is 0 Å². The van der Waals surface area contributed by atoms with Crippen LogP contribution in [0.4, 0.5) is 4.79 Å². The van der Waals surface area contributed by atoms with Crippen LogP contribution in [0.15, 0.2) is 18.2 Å². The molecule has 0 N–H and O–H groups in total. The van der Waals surface area contributed by atoms with E-state index >= 15 is 0 Å². The molecule has 2 aromatic rings. The summed E-state index contributed by atoms with van der Waals surface area (Å²) in [7, 11) is 4.01. The Hall–Kier alpha value is -1.24. The summed E-state index contributed by atoms with van der Waals surface area (Å²) in [6.07, 6.45) is 2.63. The molecule has 24 heavy (non-hydrogen) atoms. The largest absolute Gasteiger partial charge is 0.444 e. The molecule has 1 atom stereocenters. The average Bonchev–Trinajstić information content (AvgIpc) is 2.77. The molecule has 0 radical (unpaired) electrons. The minimum Gasteiger partial charge on any atom is -0.444 e. The highest BCUT2D eigenvalue weighted by Crippen LogP contribution is 2.33. The van der Waals surface area contributed by atoms with Gasteiger partial charge in [-0.15, -0.1) is 0 Å².